The second-order valence-corrected chi connectivity index (χ2v) is 8.93. The molecule has 0 radical (unpaired) electrons. The highest BCUT2D eigenvalue weighted by Crippen LogP contribution is 2.20. The predicted octanol–water partition coefficient (Wildman–Crippen LogP) is 4.66. The van der Waals surface area contributed by atoms with Crippen molar-refractivity contribution in [2.24, 2.45) is 0 Å². The van der Waals surface area contributed by atoms with Crippen LogP contribution >= 0.6 is 15.9 Å². The summed E-state index contributed by atoms with van der Waals surface area (Å²) < 4.78 is 41.1. The first-order valence-electron chi connectivity index (χ1n) is 8.63. The molecule has 0 atom stereocenters. The number of benzene rings is 3. The molecule has 0 spiro atoms. The van der Waals surface area contributed by atoms with Gasteiger partial charge in [-0.25, -0.2) is 12.8 Å². The Labute approximate surface area is 177 Å². The number of sulfonamides is 1. The average Bonchev–Trinajstić information content (AvgIpc) is 2.70. The van der Waals surface area contributed by atoms with E-state index < -0.39 is 15.8 Å². The Bertz CT molecular complexity index is 1120. The van der Waals surface area contributed by atoms with Gasteiger partial charge < -0.3 is 4.90 Å². The summed E-state index contributed by atoms with van der Waals surface area (Å²) >= 11 is 3.47. The van der Waals surface area contributed by atoms with Gasteiger partial charge in [0.25, 0.3) is 15.9 Å². The minimum atomic E-state index is -3.84. The van der Waals surface area contributed by atoms with E-state index >= 15 is 0 Å². The summed E-state index contributed by atoms with van der Waals surface area (Å²) in [6, 6.07) is 18.3. The van der Waals surface area contributed by atoms with Crippen molar-refractivity contribution in [2.75, 3.05) is 11.8 Å². The minimum absolute atomic E-state index is 0.0489. The van der Waals surface area contributed by atoms with Crippen LogP contribution < -0.4 is 4.72 Å². The Kier molecular flexibility index (Phi) is 6.34. The number of anilines is 1. The number of hydrogen-bond acceptors (Lipinski definition) is 3. The fourth-order valence-electron chi connectivity index (χ4n) is 2.68. The highest BCUT2D eigenvalue weighted by Gasteiger charge is 2.16. The van der Waals surface area contributed by atoms with E-state index in [0.29, 0.717) is 17.8 Å². The quantitative estimate of drug-likeness (QED) is 0.562. The van der Waals surface area contributed by atoms with Gasteiger partial charge in [0.05, 0.1) is 4.90 Å². The molecular formula is C21H18BrFN2O3S. The number of rotatable bonds is 6. The zero-order valence-electron chi connectivity index (χ0n) is 15.5. The predicted molar refractivity (Wildman–Crippen MR) is 114 cm³/mol. The third kappa shape index (κ3) is 5.21. The molecule has 5 nitrogen and oxygen atoms in total. The SMILES string of the molecule is CN(Cc1ccccc1Br)C(=O)c1ccc(NS(=O)(=O)c2ccc(F)cc2)cc1. The molecule has 3 aromatic rings. The second kappa shape index (κ2) is 8.75. The van der Waals surface area contributed by atoms with Crippen LogP contribution in [0.15, 0.2) is 82.2 Å². The summed E-state index contributed by atoms with van der Waals surface area (Å²) in [6.07, 6.45) is 0. The first-order valence-corrected chi connectivity index (χ1v) is 10.9. The zero-order chi connectivity index (χ0) is 21.0. The van der Waals surface area contributed by atoms with Crippen LogP contribution in [-0.4, -0.2) is 26.3 Å². The van der Waals surface area contributed by atoms with E-state index in [4.69, 9.17) is 0 Å². The highest BCUT2D eigenvalue weighted by atomic mass is 79.9. The minimum Gasteiger partial charge on any atom is -0.337 e. The van der Waals surface area contributed by atoms with Gasteiger partial charge in [-0.1, -0.05) is 34.1 Å². The molecule has 0 saturated heterocycles. The maximum Gasteiger partial charge on any atom is 0.261 e. The zero-order valence-corrected chi connectivity index (χ0v) is 17.9. The van der Waals surface area contributed by atoms with E-state index in [1.807, 2.05) is 24.3 Å². The van der Waals surface area contributed by atoms with Gasteiger partial charge in [-0.15, -0.1) is 0 Å². The van der Waals surface area contributed by atoms with E-state index in [1.165, 1.54) is 24.3 Å². The number of halogens is 2. The van der Waals surface area contributed by atoms with Crippen LogP contribution in [0.1, 0.15) is 15.9 Å². The summed E-state index contributed by atoms with van der Waals surface area (Å²) in [4.78, 5) is 14.2. The Morgan fingerprint density at radius 2 is 1.62 bits per heavy atom. The third-order valence-electron chi connectivity index (χ3n) is 4.22. The third-order valence-corrected chi connectivity index (χ3v) is 6.39. The second-order valence-electron chi connectivity index (χ2n) is 6.39. The summed E-state index contributed by atoms with van der Waals surface area (Å²) in [7, 11) is -2.14. The lowest BCUT2D eigenvalue weighted by Crippen LogP contribution is -2.26. The van der Waals surface area contributed by atoms with E-state index in [1.54, 1.807) is 24.1 Å². The Hall–Kier alpha value is -2.71. The maximum absolute atomic E-state index is 13.0. The molecule has 0 saturated carbocycles. The van der Waals surface area contributed by atoms with E-state index in [9.17, 15) is 17.6 Å². The van der Waals surface area contributed by atoms with E-state index in [2.05, 4.69) is 20.7 Å². The first-order chi connectivity index (χ1) is 13.8. The molecule has 0 fully saturated rings. The Morgan fingerprint density at radius 1 is 1.00 bits per heavy atom. The molecule has 1 N–H and O–H groups in total. The average molecular weight is 477 g/mol. The Morgan fingerprint density at radius 3 is 2.24 bits per heavy atom. The van der Waals surface area contributed by atoms with Crippen molar-refractivity contribution in [3.63, 3.8) is 0 Å². The van der Waals surface area contributed by atoms with Crippen LogP contribution in [0.25, 0.3) is 0 Å². The van der Waals surface area contributed by atoms with Gasteiger partial charge in [-0.05, 0) is 60.2 Å². The number of nitrogens with one attached hydrogen (secondary N) is 1. The summed E-state index contributed by atoms with van der Waals surface area (Å²) in [5.41, 5.74) is 1.72. The van der Waals surface area contributed by atoms with Crippen LogP contribution in [0.2, 0.25) is 0 Å². The fourth-order valence-corrected chi connectivity index (χ4v) is 4.15. The molecule has 3 rings (SSSR count). The molecule has 0 aliphatic carbocycles. The number of carbonyl (C=O) groups is 1. The molecule has 0 aromatic heterocycles. The van der Waals surface area contributed by atoms with Crippen LogP contribution in [-0.2, 0) is 16.6 Å². The molecule has 150 valence electrons. The molecule has 0 bridgehead atoms. The summed E-state index contributed by atoms with van der Waals surface area (Å²) in [6.45, 7) is 0.430. The largest absolute Gasteiger partial charge is 0.337 e. The van der Waals surface area contributed by atoms with Crippen molar-refractivity contribution >= 4 is 37.5 Å². The smallest absolute Gasteiger partial charge is 0.261 e. The van der Waals surface area contributed by atoms with E-state index in [0.717, 1.165) is 22.2 Å². The van der Waals surface area contributed by atoms with Gasteiger partial charge in [0.1, 0.15) is 5.82 Å². The molecule has 3 aromatic carbocycles. The maximum atomic E-state index is 13.0. The van der Waals surface area contributed by atoms with Gasteiger partial charge in [0.2, 0.25) is 0 Å². The molecule has 29 heavy (non-hydrogen) atoms. The van der Waals surface area contributed by atoms with Crippen LogP contribution in [0.3, 0.4) is 0 Å². The molecule has 8 heteroatoms. The topological polar surface area (TPSA) is 66.5 Å². The van der Waals surface area contributed by atoms with Gasteiger partial charge >= 0.3 is 0 Å². The van der Waals surface area contributed by atoms with Crippen molar-refractivity contribution in [3.05, 3.63) is 94.2 Å². The standard InChI is InChI=1S/C21H18BrFN2O3S/c1-25(14-16-4-2-3-5-20(16)22)21(26)15-6-10-18(11-7-15)24-29(27,28)19-12-8-17(23)9-13-19/h2-13,24H,14H2,1H3. The lowest BCUT2D eigenvalue weighted by Gasteiger charge is -2.18. The normalized spacial score (nSPS) is 11.1. The number of amides is 1. The molecule has 0 aliphatic rings. The van der Waals surface area contributed by atoms with Crippen LogP contribution in [0.5, 0.6) is 0 Å². The molecule has 1 amide bonds. The summed E-state index contributed by atoms with van der Waals surface area (Å²) in [5.74, 6) is -0.702. The van der Waals surface area contributed by atoms with Crippen molar-refractivity contribution in [1.82, 2.24) is 4.90 Å². The van der Waals surface area contributed by atoms with Gasteiger partial charge in [-0.2, -0.15) is 0 Å². The lowest BCUT2D eigenvalue weighted by molar-refractivity contribution is 0.0785. The molecule has 0 aliphatic heterocycles. The van der Waals surface area contributed by atoms with Crippen LogP contribution in [0, 0.1) is 5.82 Å². The van der Waals surface area contributed by atoms with Crippen molar-refractivity contribution < 1.29 is 17.6 Å². The first kappa shape index (κ1) is 21.0. The molecular weight excluding hydrogens is 459 g/mol. The van der Waals surface area contributed by atoms with E-state index in [-0.39, 0.29) is 10.8 Å². The van der Waals surface area contributed by atoms with Crippen molar-refractivity contribution in [1.29, 1.82) is 0 Å². The molecule has 0 unspecified atom stereocenters. The number of nitrogens with zero attached hydrogens (tertiary/aromatic N) is 1. The van der Waals surface area contributed by atoms with Crippen molar-refractivity contribution in [2.45, 2.75) is 11.4 Å². The highest BCUT2D eigenvalue weighted by molar-refractivity contribution is 9.10. The Balaban J connectivity index is 1.70. The summed E-state index contributed by atoms with van der Waals surface area (Å²) in [5, 5.41) is 0. The fraction of sp³-hybridized carbons (Fsp3) is 0.0952. The van der Waals surface area contributed by atoms with Crippen LogP contribution in [0.4, 0.5) is 10.1 Å². The van der Waals surface area contributed by atoms with Crippen molar-refractivity contribution in [3.8, 4) is 0 Å². The monoisotopic (exact) mass is 476 g/mol. The van der Waals surface area contributed by atoms with Gasteiger partial charge in [-0.3, -0.25) is 9.52 Å². The number of hydrogen-bond donors (Lipinski definition) is 1. The lowest BCUT2D eigenvalue weighted by atomic mass is 10.1. The van der Waals surface area contributed by atoms with Gasteiger partial charge in [0, 0.05) is 29.3 Å². The molecule has 0 heterocycles. The number of carbonyl (C=O) groups excluding carboxylic acids is 1. The van der Waals surface area contributed by atoms with Gasteiger partial charge in [0.15, 0.2) is 0 Å².